The minimum absolute atomic E-state index is 0.0398. The van der Waals surface area contributed by atoms with Crippen LogP contribution in [-0.4, -0.2) is 65.6 Å². The number of nitrogens with two attached hydrogens (primary N) is 1. The lowest BCUT2D eigenvalue weighted by Crippen LogP contribution is -2.42. The fourth-order valence-corrected chi connectivity index (χ4v) is 5.08. The third-order valence-corrected chi connectivity index (χ3v) is 7.09. The van der Waals surface area contributed by atoms with Crippen molar-refractivity contribution in [3.05, 3.63) is 65.6 Å². The van der Waals surface area contributed by atoms with Crippen molar-refractivity contribution in [1.82, 2.24) is 24.5 Å². The molecule has 1 fully saturated rings. The zero-order valence-electron chi connectivity index (χ0n) is 21.3. The fourth-order valence-electron chi connectivity index (χ4n) is 5.08. The number of aromatic nitrogens is 4. The molecule has 10 heteroatoms. The Bertz CT molecular complexity index is 1500. The SMILES string of the molecule is CC(=O)c1c(C2CCN(C(=O)[C@@H](C)O)CC2)nc2c(-c3ccc(-c4cccc(CO)c4)nc3)cnn2c1N. The van der Waals surface area contributed by atoms with Gasteiger partial charge in [0, 0.05) is 41.9 Å². The van der Waals surface area contributed by atoms with Gasteiger partial charge >= 0.3 is 0 Å². The number of rotatable bonds is 6. The van der Waals surface area contributed by atoms with Crippen molar-refractivity contribution in [1.29, 1.82) is 0 Å². The van der Waals surface area contributed by atoms with E-state index in [4.69, 9.17) is 10.7 Å². The summed E-state index contributed by atoms with van der Waals surface area (Å²) in [7, 11) is 0. The summed E-state index contributed by atoms with van der Waals surface area (Å²) in [6.07, 6.45) is 3.58. The first kappa shape index (κ1) is 25.5. The highest BCUT2D eigenvalue weighted by atomic mass is 16.3. The number of amides is 1. The van der Waals surface area contributed by atoms with Crippen LogP contribution < -0.4 is 5.73 Å². The number of aliphatic hydroxyl groups is 2. The summed E-state index contributed by atoms with van der Waals surface area (Å²) < 4.78 is 1.49. The predicted molar refractivity (Wildman–Crippen MR) is 142 cm³/mol. The van der Waals surface area contributed by atoms with Crippen LogP contribution >= 0.6 is 0 Å². The largest absolute Gasteiger partial charge is 0.392 e. The quantitative estimate of drug-likeness (QED) is 0.333. The Kier molecular flexibility index (Phi) is 6.92. The first-order valence-corrected chi connectivity index (χ1v) is 12.6. The standard InChI is InChI=1S/C28H30N6O4/c1-16(36)24-25(19-8-10-33(11-9-19)28(38)17(2)37)32-27-22(14-31-34(27)26(24)29)21-6-7-23(30-13-21)20-5-3-4-18(12-20)15-35/h3-7,12-14,17,19,35,37H,8-11,15,29H2,1-2H3/t17-/m1/s1. The van der Waals surface area contributed by atoms with Gasteiger partial charge < -0.3 is 20.8 Å². The number of Topliss-reactive ketones (excluding diaryl/α,β-unsaturated/α-hetero) is 1. The van der Waals surface area contributed by atoms with Gasteiger partial charge in [0.2, 0.25) is 0 Å². The fraction of sp³-hybridized carbons (Fsp3) is 0.321. The zero-order valence-corrected chi connectivity index (χ0v) is 21.3. The van der Waals surface area contributed by atoms with E-state index < -0.39 is 6.10 Å². The average molecular weight is 515 g/mol. The minimum atomic E-state index is -1.04. The van der Waals surface area contributed by atoms with Crippen LogP contribution in [0.1, 0.15) is 54.2 Å². The summed E-state index contributed by atoms with van der Waals surface area (Å²) in [6.45, 7) is 3.82. The van der Waals surface area contributed by atoms with Crippen LogP contribution in [0.15, 0.2) is 48.8 Å². The van der Waals surface area contributed by atoms with Crippen molar-refractivity contribution in [2.75, 3.05) is 18.8 Å². The minimum Gasteiger partial charge on any atom is -0.392 e. The molecule has 1 aromatic carbocycles. The Hall–Kier alpha value is -4.15. The van der Waals surface area contributed by atoms with E-state index >= 15 is 0 Å². The molecule has 0 saturated carbocycles. The van der Waals surface area contributed by atoms with Crippen LogP contribution in [0.5, 0.6) is 0 Å². The molecule has 1 amide bonds. The number of hydrogen-bond donors (Lipinski definition) is 3. The van der Waals surface area contributed by atoms with E-state index in [0.29, 0.717) is 42.8 Å². The van der Waals surface area contributed by atoms with Crippen molar-refractivity contribution in [3.8, 4) is 22.4 Å². The molecule has 1 atom stereocenters. The summed E-state index contributed by atoms with van der Waals surface area (Å²) in [5.41, 5.74) is 12.0. The molecule has 5 rings (SSSR count). The number of hydrogen-bond acceptors (Lipinski definition) is 8. The van der Waals surface area contributed by atoms with Crippen LogP contribution in [0.3, 0.4) is 0 Å². The lowest BCUT2D eigenvalue weighted by Gasteiger charge is -2.33. The molecule has 0 unspecified atom stereocenters. The number of piperidine rings is 1. The van der Waals surface area contributed by atoms with E-state index in [1.165, 1.54) is 18.4 Å². The molecule has 4 N–H and O–H groups in total. The highest BCUT2D eigenvalue weighted by Crippen LogP contribution is 2.35. The number of nitrogens with zero attached hydrogens (tertiary/aromatic N) is 5. The van der Waals surface area contributed by atoms with Crippen molar-refractivity contribution < 1.29 is 19.8 Å². The molecule has 1 aliphatic rings. The van der Waals surface area contributed by atoms with Gasteiger partial charge in [0.25, 0.3) is 5.91 Å². The van der Waals surface area contributed by atoms with Crippen LogP contribution in [-0.2, 0) is 11.4 Å². The normalized spacial score (nSPS) is 15.1. The lowest BCUT2D eigenvalue weighted by molar-refractivity contribution is -0.140. The second kappa shape index (κ2) is 10.3. The molecule has 1 aliphatic heterocycles. The molecule has 38 heavy (non-hydrogen) atoms. The van der Waals surface area contributed by atoms with E-state index in [1.54, 1.807) is 17.3 Å². The summed E-state index contributed by atoms with van der Waals surface area (Å²) in [4.78, 5) is 36.0. The van der Waals surface area contributed by atoms with Gasteiger partial charge in [-0.1, -0.05) is 24.3 Å². The molecular weight excluding hydrogens is 484 g/mol. The summed E-state index contributed by atoms with van der Waals surface area (Å²) >= 11 is 0. The van der Waals surface area contributed by atoms with Gasteiger partial charge in [0.05, 0.1) is 29.8 Å². The van der Waals surface area contributed by atoms with Crippen LogP contribution in [0, 0.1) is 0 Å². The maximum atomic E-state index is 12.6. The van der Waals surface area contributed by atoms with Crippen LogP contribution in [0.2, 0.25) is 0 Å². The van der Waals surface area contributed by atoms with E-state index in [2.05, 4.69) is 10.1 Å². The van der Waals surface area contributed by atoms with Gasteiger partial charge in [-0.2, -0.15) is 9.61 Å². The van der Waals surface area contributed by atoms with Crippen molar-refractivity contribution in [2.24, 2.45) is 0 Å². The third kappa shape index (κ3) is 4.64. The molecule has 0 spiro atoms. The molecule has 4 aromatic rings. The van der Waals surface area contributed by atoms with Gasteiger partial charge in [-0.25, -0.2) is 4.98 Å². The number of ketones is 1. The first-order valence-electron chi connectivity index (χ1n) is 12.6. The Morgan fingerprint density at radius 1 is 1.13 bits per heavy atom. The van der Waals surface area contributed by atoms with E-state index in [0.717, 1.165) is 27.9 Å². The number of benzene rings is 1. The highest BCUT2D eigenvalue weighted by molar-refractivity contribution is 6.00. The van der Waals surface area contributed by atoms with Crippen LogP contribution in [0.4, 0.5) is 5.82 Å². The zero-order chi connectivity index (χ0) is 27.0. The molecule has 196 valence electrons. The number of aliphatic hydroxyl groups excluding tert-OH is 2. The lowest BCUT2D eigenvalue weighted by atomic mass is 9.89. The summed E-state index contributed by atoms with van der Waals surface area (Å²) in [5, 5.41) is 23.5. The monoisotopic (exact) mass is 514 g/mol. The van der Waals surface area contributed by atoms with Gasteiger partial charge in [-0.15, -0.1) is 0 Å². The Labute approximate surface area is 219 Å². The number of carbonyl (C=O) groups excluding carboxylic acids is 2. The molecule has 0 radical (unpaired) electrons. The van der Waals surface area contributed by atoms with Gasteiger partial charge in [-0.3, -0.25) is 14.6 Å². The first-order chi connectivity index (χ1) is 18.3. The number of fused-ring (bicyclic) bond motifs is 1. The molecule has 1 saturated heterocycles. The molecular formula is C28H30N6O4. The third-order valence-electron chi connectivity index (χ3n) is 7.09. The Morgan fingerprint density at radius 2 is 1.89 bits per heavy atom. The van der Waals surface area contributed by atoms with E-state index in [-0.39, 0.29) is 30.0 Å². The summed E-state index contributed by atoms with van der Waals surface area (Å²) in [6, 6.07) is 11.4. The predicted octanol–water partition coefficient (Wildman–Crippen LogP) is 2.82. The molecule has 3 aromatic heterocycles. The average Bonchev–Trinajstić information content (AvgIpc) is 3.37. The number of nitrogen functional groups attached to an aromatic ring is 1. The van der Waals surface area contributed by atoms with E-state index in [1.807, 2.05) is 36.4 Å². The van der Waals surface area contributed by atoms with Gasteiger partial charge in [0.15, 0.2) is 11.4 Å². The van der Waals surface area contributed by atoms with Crippen molar-refractivity contribution in [2.45, 2.75) is 45.3 Å². The molecule has 0 bridgehead atoms. The highest BCUT2D eigenvalue weighted by Gasteiger charge is 2.31. The number of pyridine rings is 1. The maximum absolute atomic E-state index is 12.6. The maximum Gasteiger partial charge on any atom is 0.251 e. The smallest absolute Gasteiger partial charge is 0.251 e. The second-order valence-electron chi connectivity index (χ2n) is 9.67. The van der Waals surface area contributed by atoms with Gasteiger partial charge in [0.1, 0.15) is 11.9 Å². The molecule has 0 aliphatic carbocycles. The van der Waals surface area contributed by atoms with E-state index in [9.17, 15) is 19.8 Å². The van der Waals surface area contributed by atoms with Crippen molar-refractivity contribution in [3.63, 3.8) is 0 Å². The number of anilines is 1. The number of carbonyl (C=O) groups is 2. The Morgan fingerprint density at radius 3 is 2.53 bits per heavy atom. The molecule has 10 nitrogen and oxygen atoms in total. The summed E-state index contributed by atoms with van der Waals surface area (Å²) in [5.74, 6) is -0.323. The molecule has 4 heterocycles. The van der Waals surface area contributed by atoms with Gasteiger partial charge in [-0.05, 0) is 44.4 Å². The van der Waals surface area contributed by atoms with Crippen LogP contribution in [0.25, 0.3) is 28.0 Å². The number of likely N-dealkylation sites (tertiary alicyclic amines) is 1. The van der Waals surface area contributed by atoms with Crippen molar-refractivity contribution >= 4 is 23.2 Å². The topological polar surface area (TPSA) is 147 Å². The second-order valence-corrected chi connectivity index (χ2v) is 9.67. The Balaban J connectivity index is 1.51.